The molecule has 0 aliphatic carbocycles. The zero-order valence-electron chi connectivity index (χ0n) is 21.0. The van der Waals surface area contributed by atoms with Crippen molar-refractivity contribution in [2.24, 2.45) is 5.10 Å². The number of hydrazone groups is 1. The van der Waals surface area contributed by atoms with Crippen molar-refractivity contribution in [1.29, 1.82) is 0 Å². The van der Waals surface area contributed by atoms with Gasteiger partial charge in [-0.3, -0.25) is 9.36 Å². The highest BCUT2D eigenvalue weighted by Gasteiger charge is 2.17. The van der Waals surface area contributed by atoms with Crippen LogP contribution in [0.4, 0.5) is 0 Å². The maximum absolute atomic E-state index is 12.6. The molecule has 1 aromatic heterocycles. The van der Waals surface area contributed by atoms with E-state index in [1.54, 1.807) is 39.5 Å². The fourth-order valence-corrected chi connectivity index (χ4v) is 4.24. The number of aryl methyl sites for hydroxylation is 1. The summed E-state index contributed by atoms with van der Waals surface area (Å²) < 4.78 is 17.8. The fraction of sp³-hybridized carbons (Fsp3) is 0.185. The molecule has 9 nitrogen and oxygen atoms in total. The molecule has 3 aromatic carbocycles. The number of rotatable bonds is 10. The second-order valence-corrected chi connectivity index (χ2v) is 8.84. The van der Waals surface area contributed by atoms with E-state index < -0.39 is 0 Å². The van der Waals surface area contributed by atoms with Gasteiger partial charge in [0, 0.05) is 16.8 Å². The summed E-state index contributed by atoms with van der Waals surface area (Å²) in [6.07, 6.45) is 1.51. The van der Waals surface area contributed by atoms with Gasteiger partial charge in [-0.1, -0.05) is 29.5 Å². The molecule has 0 aliphatic heterocycles. The van der Waals surface area contributed by atoms with Gasteiger partial charge in [0.2, 0.25) is 0 Å². The molecular weight excluding hydrogens is 490 g/mol. The number of carbonyl (C=O) groups is 1. The Labute approximate surface area is 219 Å². The Morgan fingerprint density at radius 1 is 0.946 bits per heavy atom. The number of benzene rings is 3. The third-order valence-corrected chi connectivity index (χ3v) is 6.36. The number of amides is 1. The molecule has 0 saturated heterocycles. The lowest BCUT2D eigenvalue weighted by molar-refractivity contribution is -0.118. The third kappa shape index (κ3) is 6.28. The summed E-state index contributed by atoms with van der Waals surface area (Å²) in [6.45, 7) is 2.03. The van der Waals surface area contributed by atoms with Gasteiger partial charge < -0.3 is 14.2 Å². The minimum atomic E-state index is -0.285. The summed E-state index contributed by atoms with van der Waals surface area (Å²) in [6, 6.07) is 21.0. The van der Waals surface area contributed by atoms with E-state index in [1.807, 2.05) is 60.0 Å². The number of aromatic nitrogens is 3. The standard InChI is InChI=1S/C27H27N5O4S/c1-18-5-9-21(10-6-18)32-26(19-7-11-22(34-2)12-8-19)30-31-27(32)37-17-25(33)29-28-16-20-15-23(35-3)13-14-24(20)36-4/h5-16H,17H2,1-4H3,(H,29,33)/b28-16+. The second-order valence-electron chi connectivity index (χ2n) is 7.90. The van der Waals surface area contributed by atoms with Crippen LogP contribution in [0, 0.1) is 6.92 Å². The minimum absolute atomic E-state index is 0.0964. The van der Waals surface area contributed by atoms with Crippen LogP contribution in [0.1, 0.15) is 11.1 Å². The van der Waals surface area contributed by atoms with Gasteiger partial charge in [-0.2, -0.15) is 5.10 Å². The Bertz CT molecular complexity index is 1390. The van der Waals surface area contributed by atoms with Crippen LogP contribution in [0.5, 0.6) is 17.2 Å². The van der Waals surface area contributed by atoms with Crippen LogP contribution in [-0.4, -0.2) is 54.0 Å². The average Bonchev–Trinajstić information content (AvgIpc) is 3.36. The van der Waals surface area contributed by atoms with Crippen LogP contribution < -0.4 is 19.6 Å². The summed E-state index contributed by atoms with van der Waals surface area (Å²) in [5.74, 6) is 2.51. The Morgan fingerprint density at radius 2 is 1.65 bits per heavy atom. The molecule has 1 amide bonds. The van der Waals surface area contributed by atoms with E-state index >= 15 is 0 Å². The van der Waals surface area contributed by atoms with E-state index in [-0.39, 0.29) is 11.7 Å². The SMILES string of the molecule is COc1ccc(-c2nnc(SCC(=O)N/N=C/c3cc(OC)ccc3OC)n2-c2ccc(C)cc2)cc1. The Morgan fingerprint density at radius 3 is 2.32 bits per heavy atom. The van der Waals surface area contributed by atoms with Gasteiger partial charge in [-0.05, 0) is 61.5 Å². The van der Waals surface area contributed by atoms with Gasteiger partial charge >= 0.3 is 0 Å². The largest absolute Gasteiger partial charge is 0.497 e. The summed E-state index contributed by atoms with van der Waals surface area (Å²) in [7, 11) is 4.77. The van der Waals surface area contributed by atoms with Crippen LogP contribution >= 0.6 is 11.8 Å². The van der Waals surface area contributed by atoms with Crippen LogP contribution in [0.2, 0.25) is 0 Å². The molecule has 1 heterocycles. The molecule has 0 atom stereocenters. The molecule has 10 heteroatoms. The summed E-state index contributed by atoms with van der Waals surface area (Å²) in [5.41, 5.74) is 6.14. The van der Waals surface area contributed by atoms with Crippen LogP contribution in [-0.2, 0) is 4.79 Å². The van der Waals surface area contributed by atoms with Crippen molar-refractivity contribution in [3.05, 3.63) is 77.9 Å². The van der Waals surface area contributed by atoms with Crippen LogP contribution in [0.25, 0.3) is 17.1 Å². The smallest absolute Gasteiger partial charge is 0.250 e. The third-order valence-electron chi connectivity index (χ3n) is 5.44. The first-order chi connectivity index (χ1) is 18.0. The molecule has 190 valence electrons. The molecule has 4 aromatic rings. The number of methoxy groups -OCH3 is 3. The first kappa shape index (κ1) is 25.8. The number of nitrogens with zero attached hydrogens (tertiary/aromatic N) is 4. The number of thioether (sulfide) groups is 1. The summed E-state index contributed by atoms with van der Waals surface area (Å²) in [4.78, 5) is 12.6. The van der Waals surface area contributed by atoms with E-state index in [1.165, 1.54) is 18.0 Å². The van der Waals surface area contributed by atoms with Gasteiger partial charge in [-0.25, -0.2) is 5.43 Å². The van der Waals surface area contributed by atoms with Gasteiger partial charge in [0.25, 0.3) is 5.91 Å². The van der Waals surface area contributed by atoms with Crippen molar-refractivity contribution in [2.45, 2.75) is 12.1 Å². The minimum Gasteiger partial charge on any atom is -0.497 e. The molecule has 0 saturated carbocycles. The second kappa shape index (κ2) is 12.1. The lowest BCUT2D eigenvalue weighted by Gasteiger charge is -2.11. The highest BCUT2D eigenvalue weighted by atomic mass is 32.2. The fourth-order valence-electron chi connectivity index (χ4n) is 3.49. The Hall–Kier alpha value is -4.31. The quantitative estimate of drug-likeness (QED) is 0.188. The normalized spacial score (nSPS) is 10.9. The highest BCUT2D eigenvalue weighted by Crippen LogP contribution is 2.29. The topological polar surface area (TPSA) is 99.9 Å². The lowest BCUT2D eigenvalue weighted by Crippen LogP contribution is -2.20. The van der Waals surface area contributed by atoms with Crippen LogP contribution in [0.3, 0.4) is 0 Å². The van der Waals surface area contributed by atoms with Crippen molar-refractivity contribution in [1.82, 2.24) is 20.2 Å². The Balaban J connectivity index is 1.51. The molecular formula is C27H27N5O4S. The van der Waals surface area contributed by atoms with Crippen molar-refractivity contribution in [2.75, 3.05) is 27.1 Å². The molecule has 0 aliphatic rings. The van der Waals surface area contributed by atoms with Crippen LogP contribution in [0.15, 0.2) is 77.0 Å². The predicted molar refractivity (Wildman–Crippen MR) is 144 cm³/mol. The van der Waals surface area contributed by atoms with Gasteiger partial charge in [0.1, 0.15) is 17.2 Å². The first-order valence-corrected chi connectivity index (χ1v) is 12.3. The molecule has 0 bridgehead atoms. The number of nitrogens with one attached hydrogen (secondary N) is 1. The van der Waals surface area contributed by atoms with Crippen molar-refractivity contribution < 1.29 is 19.0 Å². The van der Waals surface area contributed by atoms with Crippen molar-refractivity contribution >= 4 is 23.9 Å². The summed E-state index contributed by atoms with van der Waals surface area (Å²) >= 11 is 1.27. The molecule has 0 fully saturated rings. The monoisotopic (exact) mass is 517 g/mol. The first-order valence-electron chi connectivity index (χ1n) is 11.4. The van der Waals surface area contributed by atoms with E-state index in [2.05, 4.69) is 20.7 Å². The molecule has 0 spiro atoms. The number of hydrogen-bond donors (Lipinski definition) is 1. The van der Waals surface area contributed by atoms with E-state index in [0.717, 1.165) is 22.6 Å². The zero-order valence-corrected chi connectivity index (χ0v) is 21.8. The molecule has 0 unspecified atom stereocenters. The average molecular weight is 518 g/mol. The van der Waals surface area contributed by atoms with Crippen molar-refractivity contribution in [3.8, 4) is 34.3 Å². The Kier molecular flexibility index (Phi) is 8.42. The zero-order chi connectivity index (χ0) is 26.2. The van der Waals surface area contributed by atoms with E-state index in [4.69, 9.17) is 14.2 Å². The number of ether oxygens (including phenoxy) is 3. The maximum Gasteiger partial charge on any atom is 0.250 e. The predicted octanol–water partition coefficient (Wildman–Crippen LogP) is 4.51. The number of carbonyl (C=O) groups excluding carboxylic acids is 1. The molecule has 0 radical (unpaired) electrons. The van der Waals surface area contributed by atoms with Gasteiger partial charge in [0.15, 0.2) is 11.0 Å². The van der Waals surface area contributed by atoms with Crippen molar-refractivity contribution in [3.63, 3.8) is 0 Å². The molecule has 37 heavy (non-hydrogen) atoms. The molecule has 1 N–H and O–H groups in total. The molecule has 4 rings (SSSR count). The van der Waals surface area contributed by atoms with E-state index in [0.29, 0.717) is 28.0 Å². The highest BCUT2D eigenvalue weighted by molar-refractivity contribution is 7.99. The lowest BCUT2D eigenvalue weighted by atomic mass is 10.2. The van der Waals surface area contributed by atoms with Gasteiger partial charge in [0.05, 0.1) is 33.3 Å². The summed E-state index contributed by atoms with van der Waals surface area (Å²) in [5, 5.41) is 13.4. The number of hydrogen-bond acceptors (Lipinski definition) is 8. The maximum atomic E-state index is 12.6. The van der Waals surface area contributed by atoms with E-state index in [9.17, 15) is 4.79 Å². The van der Waals surface area contributed by atoms with Gasteiger partial charge in [-0.15, -0.1) is 10.2 Å².